The molecular weight excluding hydrogens is 612 g/mol. The van der Waals surface area contributed by atoms with Crippen LogP contribution < -0.4 is 19.8 Å². The third kappa shape index (κ3) is 6.99. The number of hydrazone groups is 1. The van der Waals surface area contributed by atoms with Crippen LogP contribution >= 0.6 is 0 Å². The molecule has 6 rings (SSSR count). The lowest BCUT2D eigenvalue weighted by molar-refractivity contribution is 0.0580. The second-order valence-corrected chi connectivity index (χ2v) is 12.2. The van der Waals surface area contributed by atoms with Crippen LogP contribution in [-0.2, 0) is 0 Å². The molecule has 1 heterocycles. The normalized spacial score (nSPS) is 13.2. The number of unbranched alkanes of at least 4 members (excludes halogenated alkanes) is 1. The average Bonchev–Trinajstić information content (AvgIpc) is 3.15. The maximum absolute atomic E-state index is 13.6. The Bertz CT molecular complexity index is 1880. The molecule has 0 bridgehead atoms. The Hall–Kier alpha value is -5.63. The van der Waals surface area contributed by atoms with Crippen molar-refractivity contribution in [3.8, 4) is 11.5 Å². The number of carbonyl (C=O) groups excluding carboxylic acids is 2. The van der Waals surface area contributed by atoms with Crippen molar-refractivity contribution in [1.82, 2.24) is 4.90 Å². The van der Waals surface area contributed by atoms with E-state index in [9.17, 15) is 9.59 Å². The molecule has 1 unspecified atom stereocenters. The summed E-state index contributed by atoms with van der Waals surface area (Å²) < 4.78 is 10.7. The number of benzene rings is 5. The van der Waals surface area contributed by atoms with Gasteiger partial charge in [-0.05, 0) is 96.8 Å². The van der Waals surface area contributed by atoms with Crippen LogP contribution in [0.2, 0.25) is 0 Å². The zero-order chi connectivity index (χ0) is 34.3. The first-order chi connectivity index (χ1) is 23.9. The third-order valence-electron chi connectivity index (χ3n) is 9.19. The molecule has 8 nitrogen and oxygen atoms in total. The molecule has 8 heteroatoms. The second-order valence-electron chi connectivity index (χ2n) is 12.2. The number of hydrogen-bond acceptors (Lipinski definition) is 7. The van der Waals surface area contributed by atoms with E-state index in [1.54, 1.807) is 26.5 Å². The zero-order valence-electron chi connectivity index (χ0n) is 28.5. The summed E-state index contributed by atoms with van der Waals surface area (Å²) >= 11 is 0. The first-order valence-electron chi connectivity index (χ1n) is 16.8. The van der Waals surface area contributed by atoms with E-state index >= 15 is 0 Å². The lowest BCUT2D eigenvalue weighted by Gasteiger charge is -2.30. The summed E-state index contributed by atoms with van der Waals surface area (Å²) in [6.45, 7) is 4.74. The first-order valence-corrected chi connectivity index (χ1v) is 16.8. The van der Waals surface area contributed by atoms with Gasteiger partial charge in [-0.15, -0.1) is 0 Å². The molecule has 250 valence electrons. The Balaban J connectivity index is 1.22. The molecule has 0 aliphatic carbocycles. The van der Waals surface area contributed by atoms with E-state index in [0.29, 0.717) is 29.0 Å². The van der Waals surface area contributed by atoms with Crippen molar-refractivity contribution in [2.45, 2.75) is 39.5 Å². The Morgan fingerprint density at radius 2 is 1.33 bits per heavy atom. The van der Waals surface area contributed by atoms with Gasteiger partial charge >= 0.3 is 0 Å². The van der Waals surface area contributed by atoms with E-state index in [4.69, 9.17) is 9.47 Å². The number of carbonyl (C=O) groups is 2. The molecule has 1 N–H and O–H groups in total. The molecule has 5 aromatic rings. The van der Waals surface area contributed by atoms with Crippen molar-refractivity contribution in [3.63, 3.8) is 0 Å². The molecule has 0 radical (unpaired) electrons. The quantitative estimate of drug-likeness (QED) is 0.0730. The van der Waals surface area contributed by atoms with E-state index < -0.39 is 0 Å². The van der Waals surface area contributed by atoms with Crippen LogP contribution in [0.1, 0.15) is 65.8 Å². The molecule has 5 aromatic carbocycles. The van der Waals surface area contributed by atoms with Crippen molar-refractivity contribution in [3.05, 3.63) is 120 Å². The lowest BCUT2D eigenvalue weighted by Crippen LogP contribution is -2.43. The Kier molecular flexibility index (Phi) is 10.2. The number of ether oxygens (including phenoxy) is 2. The summed E-state index contributed by atoms with van der Waals surface area (Å²) in [6.07, 6.45) is 5.88. The minimum absolute atomic E-state index is 0.225. The van der Waals surface area contributed by atoms with Gasteiger partial charge in [0.2, 0.25) is 0 Å². The van der Waals surface area contributed by atoms with Crippen LogP contribution in [-0.4, -0.2) is 43.7 Å². The Morgan fingerprint density at radius 3 is 1.88 bits per heavy atom. The molecule has 1 atom stereocenters. The highest BCUT2D eigenvalue weighted by atomic mass is 16.5. The predicted molar refractivity (Wildman–Crippen MR) is 198 cm³/mol. The van der Waals surface area contributed by atoms with Gasteiger partial charge in [0.15, 0.2) is 0 Å². The smallest absolute Gasteiger partial charge is 0.261 e. The number of imide groups is 1. The number of amides is 2. The summed E-state index contributed by atoms with van der Waals surface area (Å²) in [5.74, 6) is 1.42. The van der Waals surface area contributed by atoms with Crippen LogP contribution in [0.15, 0.2) is 108 Å². The van der Waals surface area contributed by atoms with Gasteiger partial charge in [0, 0.05) is 45.5 Å². The topological polar surface area (TPSA) is 83.5 Å². The van der Waals surface area contributed by atoms with E-state index in [-0.39, 0.29) is 11.8 Å². The summed E-state index contributed by atoms with van der Waals surface area (Å²) in [5.41, 5.74) is 8.83. The summed E-state index contributed by atoms with van der Waals surface area (Å²) in [6, 6.07) is 33.3. The number of rotatable bonds is 14. The standard InChI is InChI=1S/C41H42N4O4/c1-5-7-9-28(6-2)27-44-40(46)36-11-8-10-35-38(25-24-37(39(35)36)41(44)47)43-42-26-29-12-14-30(15-13-29)45(31-16-20-33(48-3)21-17-31)32-18-22-34(49-4)23-19-32/h8,10-26,28,43H,5-7,9,27H2,1-4H3/b42-26+. The fraction of sp³-hybridized carbons (Fsp3) is 0.244. The maximum Gasteiger partial charge on any atom is 0.261 e. The van der Waals surface area contributed by atoms with Crippen molar-refractivity contribution in [2.75, 3.05) is 31.1 Å². The third-order valence-corrected chi connectivity index (χ3v) is 9.19. The monoisotopic (exact) mass is 654 g/mol. The van der Waals surface area contributed by atoms with Crippen molar-refractivity contribution in [1.29, 1.82) is 0 Å². The minimum Gasteiger partial charge on any atom is -0.497 e. The maximum atomic E-state index is 13.6. The fourth-order valence-electron chi connectivity index (χ4n) is 6.38. The molecule has 49 heavy (non-hydrogen) atoms. The van der Waals surface area contributed by atoms with E-state index in [0.717, 1.165) is 70.9 Å². The minimum atomic E-state index is -0.225. The number of methoxy groups -OCH3 is 2. The van der Waals surface area contributed by atoms with E-state index in [2.05, 4.69) is 29.3 Å². The SMILES string of the molecule is CCCCC(CC)CN1C(=O)c2cccc3c(N/N=C/c4ccc(N(c5ccc(OC)cc5)c5ccc(OC)cc5)cc4)ccc(c23)C1=O. The van der Waals surface area contributed by atoms with Gasteiger partial charge in [0.1, 0.15) is 11.5 Å². The number of hydrogen-bond donors (Lipinski definition) is 1. The molecular formula is C41H42N4O4. The van der Waals surface area contributed by atoms with Crippen LogP contribution in [0.3, 0.4) is 0 Å². The van der Waals surface area contributed by atoms with Crippen LogP contribution in [0.5, 0.6) is 11.5 Å². The Labute approximate surface area is 288 Å². The zero-order valence-corrected chi connectivity index (χ0v) is 28.5. The lowest BCUT2D eigenvalue weighted by atomic mass is 9.91. The average molecular weight is 655 g/mol. The van der Waals surface area contributed by atoms with Crippen LogP contribution in [0.4, 0.5) is 22.7 Å². The molecule has 0 fully saturated rings. The number of nitrogens with one attached hydrogen (secondary N) is 1. The van der Waals surface area contributed by atoms with Crippen LogP contribution in [0.25, 0.3) is 10.8 Å². The second kappa shape index (κ2) is 15.1. The number of anilines is 4. The molecule has 0 saturated carbocycles. The van der Waals surface area contributed by atoms with Crippen molar-refractivity contribution < 1.29 is 19.1 Å². The van der Waals surface area contributed by atoms with Gasteiger partial charge in [-0.2, -0.15) is 5.10 Å². The van der Waals surface area contributed by atoms with Crippen molar-refractivity contribution >= 4 is 51.6 Å². The highest BCUT2D eigenvalue weighted by Gasteiger charge is 2.34. The summed E-state index contributed by atoms with van der Waals surface area (Å²) in [7, 11) is 3.31. The van der Waals surface area contributed by atoms with Crippen LogP contribution in [0, 0.1) is 5.92 Å². The largest absolute Gasteiger partial charge is 0.497 e. The predicted octanol–water partition coefficient (Wildman–Crippen LogP) is 9.59. The highest BCUT2D eigenvalue weighted by Crippen LogP contribution is 2.37. The molecule has 2 amide bonds. The van der Waals surface area contributed by atoms with Gasteiger partial charge in [0.25, 0.3) is 11.8 Å². The molecule has 0 aromatic heterocycles. The van der Waals surface area contributed by atoms with Gasteiger partial charge in [-0.25, -0.2) is 0 Å². The fourth-order valence-corrected chi connectivity index (χ4v) is 6.38. The van der Waals surface area contributed by atoms with E-state index in [1.165, 1.54) is 4.90 Å². The van der Waals surface area contributed by atoms with Crippen molar-refractivity contribution in [2.24, 2.45) is 11.0 Å². The molecule has 0 saturated heterocycles. The molecule has 1 aliphatic rings. The van der Waals surface area contributed by atoms with Gasteiger partial charge < -0.3 is 14.4 Å². The van der Waals surface area contributed by atoms with E-state index in [1.807, 2.05) is 97.1 Å². The summed E-state index contributed by atoms with van der Waals surface area (Å²) in [5, 5.41) is 6.00. The number of nitrogens with zero attached hydrogens (tertiary/aromatic N) is 3. The van der Waals surface area contributed by atoms with Gasteiger partial charge in [-0.3, -0.25) is 19.9 Å². The first kappa shape index (κ1) is 33.3. The molecule has 0 spiro atoms. The molecule has 1 aliphatic heterocycles. The highest BCUT2D eigenvalue weighted by molar-refractivity contribution is 6.26. The van der Waals surface area contributed by atoms with Gasteiger partial charge in [0.05, 0.1) is 26.1 Å². The summed E-state index contributed by atoms with van der Waals surface area (Å²) in [4.78, 5) is 30.8. The van der Waals surface area contributed by atoms with Gasteiger partial charge in [-0.1, -0.05) is 57.4 Å². The Morgan fingerprint density at radius 1 is 0.755 bits per heavy atom.